The quantitative estimate of drug-likeness (QED) is 0.439. The summed E-state index contributed by atoms with van der Waals surface area (Å²) in [4.78, 5) is 0. The van der Waals surface area contributed by atoms with Crippen LogP contribution in [0, 0.1) is 11.3 Å². The smallest absolute Gasteiger partial charge is 0.0776 e. The second kappa shape index (κ2) is 4.73. The van der Waals surface area contributed by atoms with Crippen LogP contribution in [0.15, 0.2) is 23.8 Å². The summed E-state index contributed by atoms with van der Waals surface area (Å²) >= 11 is 6.10. The van der Waals surface area contributed by atoms with E-state index in [0.29, 0.717) is 5.92 Å². The highest BCUT2D eigenvalue weighted by molar-refractivity contribution is 14.1. The van der Waals surface area contributed by atoms with Crippen molar-refractivity contribution < 1.29 is 0 Å². The first-order valence-corrected chi connectivity index (χ1v) is 6.15. The standard InChI is InChI=1S/C10H13BrIN/c1-10(11,12)9-5-3-2-4-8(6-9)7-13/h2-4,7,9,13H,5-6H2,1H3/t9?,10-/m1/s1. The maximum atomic E-state index is 7.24. The lowest BCUT2D eigenvalue weighted by Gasteiger charge is -2.25. The topological polar surface area (TPSA) is 23.9 Å². The number of allylic oxidation sites excluding steroid dienone is 4. The first-order valence-electron chi connectivity index (χ1n) is 4.28. The van der Waals surface area contributed by atoms with Gasteiger partial charge in [-0.3, -0.25) is 0 Å². The molecule has 0 amide bonds. The number of alkyl halides is 2. The molecule has 1 aliphatic rings. The van der Waals surface area contributed by atoms with E-state index in [0.717, 1.165) is 18.4 Å². The fraction of sp³-hybridized carbons (Fsp3) is 0.500. The molecular formula is C10H13BrIN. The summed E-state index contributed by atoms with van der Waals surface area (Å²) in [7, 11) is 0. The van der Waals surface area contributed by atoms with Gasteiger partial charge in [-0.15, -0.1) is 0 Å². The highest BCUT2D eigenvalue weighted by Crippen LogP contribution is 2.40. The van der Waals surface area contributed by atoms with E-state index in [2.05, 4.69) is 57.6 Å². The van der Waals surface area contributed by atoms with Gasteiger partial charge in [-0.1, -0.05) is 56.7 Å². The van der Waals surface area contributed by atoms with E-state index < -0.39 is 0 Å². The molecule has 2 atom stereocenters. The Morgan fingerprint density at radius 3 is 3.00 bits per heavy atom. The highest BCUT2D eigenvalue weighted by Gasteiger charge is 2.28. The Kier molecular flexibility index (Phi) is 4.16. The summed E-state index contributed by atoms with van der Waals surface area (Å²) in [5.41, 5.74) is 1.11. The van der Waals surface area contributed by atoms with Gasteiger partial charge in [0.15, 0.2) is 0 Å². The van der Waals surface area contributed by atoms with Crippen LogP contribution in [0.2, 0.25) is 0 Å². The molecule has 0 heterocycles. The minimum Gasteiger partial charge on any atom is -0.308 e. The van der Waals surface area contributed by atoms with Gasteiger partial charge in [0.2, 0.25) is 0 Å². The maximum Gasteiger partial charge on any atom is 0.0776 e. The van der Waals surface area contributed by atoms with Crippen LogP contribution in [0.4, 0.5) is 0 Å². The van der Waals surface area contributed by atoms with Gasteiger partial charge in [0.1, 0.15) is 0 Å². The number of rotatable bonds is 2. The van der Waals surface area contributed by atoms with Crippen LogP contribution in [-0.4, -0.2) is 8.55 Å². The summed E-state index contributed by atoms with van der Waals surface area (Å²) < 4.78 is 0.127. The van der Waals surface area contributed by atoms with Gasteiger partial charge in [-0.05, 0) is 31.3 Å². The van der Waals surface area contributed by atoms with Gasteiger partial charge < -0.3 is 5.41 Å². The molecule has 0 aromatic carbocycles. The average Bonchev–Trinajstić information content (AvgIpc) is 2.27. The van der Waals surface area contributed by atoms with E-state index in [1.807, 2.05) is 6.08 Å². The van der Waals surface area contributed by atoms with Crippen molar-refractivity contribution in [3.63, 3.8) is 0 Å². The van der Waals surface area contributed by atoms with Crippen molar-refractivity contribution in [3.8, 4) is 0 Å². The number of halogens is 2. The van der Waals surface area contributed by atoms with Gasteiger partial charge in [0, 0.05) is 6.21 Å². The Bertz CT molecular complexity index is 250. The molecule has 0 bridgehead atoms. The van der Waals surface area contributed by atoms with Crippen molar-refractivity contribution in [2.24, 2.45) is 5.92 Å². The van der Waals surface area contributed by atoms with Gasteiger partial charge in [-0.25, -0.2) is 0 Å². The highest BCUT2D eigenvalue weighted by atomic mass is 127. The zero-order valence-corrected chi connectivity index (χ0v) is 11.3. The van der Waals surface area contributed by atoms with Gasteiger partial charge in [0.25, 0.3) is 0 Å². The van der Waals surface area contributed by atoms with Crippen molar-refractivity contribution >= 4 is 44.7 Å². The Morgan fingerprint density at radius 2 is 2.46 bits per heavy atom. The van der Waals surface area contributed by atoms with Crippen LogP contribution in [0.25, 0.3) is 0 Å². The predicted octanol–water partition coefficient (Wildman–Crippen LogP) is 4.07. The molecule has 1 unspecified atom stereocenters. The minimum atomic E-state index is 0.127. The fourth-order valence-electron chi connectivity index (χ4n) is 1.36. The van der Waals surface area contributed by atoms with Crippen LogP contribution < -0.4 is 0 Å². The van der Waals surface area contributed by atoms with Gasteiger partial charge in [-0.2, -0.15) is 0 Å². The van der Waals surface area contributed by atoms with Crippen LogP contribution >= 0.6 is 38.5 Å². The molecule has 3 heteroatoms. The average molecular weight is 354 g/mol. The Labute approximate surface area is 101 Å². The van der Waals surface area contributed by atoms with Crippen molar-refractivity contribution in [2.45, 2.75) is 22.1 Å². The summed E-state index contributed by atoms with van der Waals surface area (Å²) in [6, 6.07) is 0. The molecule has 1 N–H and O–H groups in total. The number of hydrogen-bond donors (Lipinski definition) is 1. The lowest BCUT2D eigenvalue weighted by Crippen LogP contribution is -2.20. The van der Waals surface area contributed by atoms with Crippen molar-refractivity contribution in [1.29, 1.82) is 5.41 Å². The molecule has 13 heavy (non-hydrogen) atoms. The maximum absolute atomic E-state index is 7.24. The van der Waals surface area contributed by atoms with E-state index in [1.165, 1.54) is 6.21 Å². The molecule has 0 saturated carbocycles. The van der Waals surface area contributed by atoms with Crippen LogP contribution in [0.5, 0.6) is 0 Å². The molecule has 0 saturated heterocycles. The number of hydrogen-bond acceptors (Lipinski definition) is 1. The van der Waals surface area contributed by atoms with Crippen molar-refractivity contribution in [1.82, 2.24) is 0 Å². The monoisotopic (exact) mass is 353 g/mol. The van der Waals surface area contributed by atoms with Gasteiger partial charge >= 0.3 is 0 Å². The summed E-state index contributed by atoms with van der Waals surface area (Å²) in [5, 5.41) is 7.24. The lowest BCUT2D eigenvalue weighted by atomic mass is 9.95. The molecule has 72 valence electrons. The third-order valence-corrected chi connectivity index (χ3v) is 3.78. The van der Waals surface area contributed by atoms with Crippen molar-refractivity contribution in [3.05, 3.63) is 23.8 Å². The summed E-state index contributed by atoms with van der Waals surface area (Å²) in [6.45, 7) is 2.18. The predicted molar refractivity (Wildman–Crippen MR) is 70.1 cm³/mol. The van der Waals surface area contributed by atoms with E-state index in [-0.39, 0.29) is 2.33 Å². The molecule has 0 aliphatic heterocycles. The molecule has 0 fully saturated rings. The first-order chi connectivity index (χ1) is 6.04. The third kappa shape index (κ3) is 3.54. The minimum absolute atomic E-state index is 0.127. The second-order valence-corrected chi connectivity index (χ2v) is 8.78. The zero-order valence-electron chi connectivity index (χ0n) is 7.56. The third-order valence-electron chi connectivity index (χ3n) is 2.25. The zero-order chi connectivity index (χ0) is 9.90. The van der Waals surface area contributed by atoms with E-state index in [4.69, 9.17) is 5.41 Å². The Balaban J connectivity index is 2.76. The van der Waals surface area contributed by atoms with Crippen LogP contribution in [-0.2, 0) is 0 Å². The Hall–Kier alpha value is 0.360. The first kappa shape index (κ1) is 11.4. The molecule has 1 nitrogen and oxygen atoms in total. The SMILES string of the molecule is C[C@@](Br)(I)C1CC=CC=C(C=N)C1. The van der Waals surface area contributed by atoms with E-state index >= 15 is 0 Å². The van der Waals surface area contributed by atoms with Crippen LogP contribution in [0.3, 0.4) is 0 Å². The summed E-state index contributed by atoms with van der Waals surface area (Å²) in [6.07, 6.45) is 9.79. The summed E-state index contributed by atoms with van der Waals surface area (Å²) in [5.74, 6) is 0.569. The van der Waals surface area contributed by atoms with E-state index in [9.17, 15) is 0 Å². The van der Waals surface area contributed by atoms with Crippen molar-refractivity contribution in [2.75, 3.05) is 0 Å². The molecule has 0 aromatic rings. The fourth-order valence-corrected chi connectivity index (χ4v) is 2.19. The molecular weight excluding hydrogens is 341 g/mol. The van der Waals surface area contributed by atoms with Gasteiger partial charge in [0.05, 0.1) is 2.33 Å². The Morgan fingerprint density at radius 1 is 1.77 bits per heavy atom. The molecule has 1 aliphatic carbocycles. The largest absolute Gasteiger partial charge is 0.308 e. The van der Waals surface area contributed by atoms with Crippen LogP contribution in [0.1, 0.15) is 19.8 Å². The number of nitrogens with one attached hydrogen (secondary N) is 1. The van der Waals surface area contributed by atoms with E-state index in [1.54, 1.807) is 0 Å². The lowest BCUT2D eigenvalue weighted by molar-refractivity contribution is 0.528. The second-order valence-electron chi connectivity index (χ2n) is 3.41. The molecule has 1 rings (SSSR count). The molecule has 0 radical (unpaired) electrons. The molecule has 0 aromatic heterocycles. The molecule has 0 spiro atoms. The normalized spacial score (nSPS) is 27.3.